The van der Waals surface area contributed by atoms with Crippen molar-refractivity contribution >= 4 is 22.6 Å². The zero-order valence-electron chi connectivity index (χ0n) is 13.0. The summed E-state index contributed by atoms with van der Waals surface area (Å²) in [5.41, 5.74) is 6.69. The van der Waals surface area contributed by atoms with Crippen LogP contribution in [0.3, 0.4) is 0 Å². The van der Waals surface area contributed by atoms with Crippen LogP contribution in [0.4, 0.5) is 0 Å². The van der Waals surface area contributed by atoms with E-state index in [4.69, 9.17) is 5.73 Å². The van der Waals surface area contributed by atoms with Gasteiger partial charge in [0.1, 0.15) is 11.7 Å². The van der Waals surface area contributed by atoms with Gasteiger partial charge in [-0.3, -0.25) is 14.6 Å². The predicted molar refractivity (Wildman–Crippen MR) is 92.3 cm³/mol. The molecule has 5 nitrogen and oxygen atoms in total. The van der Waals surface area contributed by atoms with Crippen molar-refractivity contribution in [1.82, 2.24) is 10.3 Å². The summed E-state index contributed by atoms with van der Waals surface area (Å²) in [6, 6.07) is 18.0. The molecule has 3 aromatic rings. The molecule has 0 aliphatic heterocycles. The number of rotatable bonds is 5. The van der Waals surface area contributed by atoms with Crippen LogP contribution < -0.4 is 11.1 Å². The molecule has 2 aromatic carbocycles. The van der Waals surface area contributed by atoms with Crippen molar-refractivity contribution in [2.45, 2.75) is 12.5 Å². The highest BCUT2D eigenvalue weighted by molar-refractivity contribution is 5.96. The molecule has 1 atom stereocenters. The van der Waals surface area contributed by atoms with E-state index < -0.39 is 17.9 Å². The number of benzene rings is 2. The number of carbonyl (C=O) groups is 2. The molecule has 24 heavy (non-hydrogen) atoms. The minimum Gasteiger partial charge on any atom is -0.368 e. The summed E-state index contributed by atoms with van der Waals surface area (Å²) < 4.78 is 0. The van der Waals surface area contributed by atoms with Gasteiger partial charge in [-0.05, 0) is 28.5 Å². The van der Waals surface area contributed by atoms with Gasteiger partial charge >= 0.3 is 0 Å². The van der Waals surface area contributed by atoms with Crippen molar-refractivity contribution < 1.29 is 9.59 Å². The molecule has 0 saturated heterocycles. The molecule has 2 amide bonds. The van der Waals surface area contributed by atoms with Gasteiger partial charge in [-0.2, -0.15) is 0 Å². The second kappa shape index (κ2) is 6.91. The Labute approximate surface area is 139 Å². The number of fused-ring (bicyclic) bond motifs is 1. The molecule has 0 aliphatic rings. The Bertz CT molecular complexity index is 873. The first-order chi connectivity index (χ1) is 11.6. The normalized spacial score (nSPS) is 11.8. The molecule has 1 aromatic heterocycles. The van der Waals surface area contributed by atoms with E-state index in [0.717, 1.165) is 16.3 Å². The zero-order valence-corrected chi connectivity index (χ0v) is 13.0. The lowest BCUT2D eigenvalue weighted by molar-refractivity contribution is -0.119. The molecule has 1 heterocycles. The van der Waals surface area contributed by atoms with E-state index in [1.54, 1.807) is 18.2 Å². The molecule has 0 fully saturated rings. The Morgan fingerprint density at radius 2 is 1.75 bits per heavy atom. The Kier molecular flexibility index (Phi) is 4.52. The van der Waals surface area contributed by atoms with E-state index in [0.29, 0.717) is 6.42 Å². The van der Waals surface area contributed by atoms with Crippen molar-refractivity contribution in [2.24, 2.45) is 5.73 Å². The van der Waals surface area contributed by atoms with Crippen LogP contribution in [0.1, 0.15) is 16.1 Å². The molecule has 120 valence electrons. The van der Waals surface area contributed by atoms with Crippen molar-refractivity contribution in [2.75, 3.05) is 0 Å². The summed E-state index contributed by atoms with van der Waals surface area (Å²) in [6.07, 6.45) is 1.86. The minimum atomic E-state index is -0.801. The van der Waals surface area contributed by atoms with Gasteiger partial charge in [-0.25, -0.2) is 0 Å². The van der Waals surface area contributed by atoms with Gasteiger partial charge in [0.25, 0.3) is 5.91 Å². The van der Waals surface area contributed by atoms with E-state index in [-0.39, 0.29) is 5.69 Å². The number of pyridine rings is 1. The lowest BCUT2D eigenvalue weighted by atomic mass is 9.98. The standard InChI is InChI=1S/C19H17N3O2/c20-18(23)17(22-19(24)16-10-3-4-11-21-16)12-14-8-5-7-13-6-1-2-9-15(13)14/h1-11,17H,12H2,(H2,20,23)(H,22,24)/t17-/m1/s1. The highest BCUT2D eigenvalue weighted by Gasteiger charge is 2.20. The maximum Gasteiger partial charge on any atom is 0.270 e. The van der Waals surface area contributed by atoms with Crippen LogP contribution in [0.5, 0.6) is 0 Å². The smallest absolute Gasteiger partial charge is 0.270 e. The monoisotopic (exact) mass is 319 g/mol. The number of nitrogens with zero attached hydrogens (tertiary/aromatic N) is 1. The molecular formula is C19H17N3O2. The zero-order chi connectivity index (χ0) is 16.9. The number of aromatic nitrogens is 1. The van der Waals surface area contributed by atoms with Crippen LogP contribution in [-0.4, -0.2) is 22.8 Å². The molecule has 0 bridgehead atoms. The van der Waals surface area contributed by atoms with Crippen molar-refractivity contribution in [3.8, 4) is 0 Å². The van der Waals surface area contributed by atoms with Crippen molar-refractivity contribution in [3.05, 3.63) is 78.1 Å². The third kappa shape index (κ3) is 3.41. The summed E-state index contributed by atoms with van der Waals surface area (Å²) >= 11 is 0. The highest BCUT2D eigenvalue weighted by atomic mass is 16.2. The first-order valence-corrected chi connectivity index (χ1v) is 7.63. The Balaban J connectivity index is 1.84. The summed E-state index contributed by atoms with van der Waals surface area (Å²) in [5.74, 6) is -0.994. The van der Waals surface area contributed by atoms with Gasteiger partial charge in [-0.15, -0.1) is 0 Å². The van der Waals surface area contributed by atoms with E-state index >= 15 is 0 Å². The summed E-state index contributed by atoms with van der Waals surface area (Å²) in [6.45, 7) is 0. The van der Waals surface area contributed by atoms with Crippen LogP contribution in [0.15, 0.2) is 66.9 Å². The first kappa shape index (κ1) is 15.7. The van der Waals surface area contributed by atoms with Gasteiger partial charge < -0.3 is 11.1 Å². The number of carbonyl (C=O) groups excluding carboxylic acids is 2. The SMILES string of the molecule is NC(=O)[C@@H](Cc1cccc2ccccc12)NC(=O)c1ccccn1. The molecule has 3 rings (SSSR count). The summed E-state index contributed by atoms with van der Waals surface area (Å²) in [5, 5.41) is 4.79. The number of amides is 2. The molecule has 0 radical (unpaired) electrons. The fraction of sp³-hybridized carbons (Fsp3) is 0.105. The van der Waals surface area contributed by atoms with E-state index in [1.165, 1.54) is 6.20 Å². The molecule has 5 heteroatoms. The van der Waals surface area contributed by atoms with E-state index in [1.807, 2.05) is 42.5 Å². The van der Waals surface area contributed by atoms with Crippen LogP contribution in [-0.2, 0) is 11.2 Å². The lowest BCUT2D eigenvalue weighted by Gasteiger charge is -2.16. The molecule has 0 saturated carbocycles. The Hall–Kier alpha value is -3.21. The first-order valence-electron chi connectivity index (χ1n) is 7.63. The third-order valence-electron chi connectivity index (χ3n) is 3.85. The van der Waals surface area contributed by atoms with Crippen LogP contribution in [0.25, 0.3) is 10.8 Å². The second-order valence-corrected chi connectivity index (χ2v) is 5.49. The number of primary amides is 1. The lowest BCUT2D eigenvalue weighted by Crippen LogP contribution is -2.46. The quantitative estimate of drug-likeness (QED) is 0.755. The Morgan fingerprint density at radius 3 is 2.50 bits per heavy atom. The third-order valence-corrected chi connectivity index (χ3v) is 3.85. The van der Waals surface area contributed by atoms with E-state index in [2.05, 4.69) is 10.3 Å². The maximum atomic E-state index is 12.2. The summed E-state index contributed by atoms with van der Waals surface area (Å²) in [7, 11) is 0. The molecule has 0 unspecified atom stereocenters. The topological polar surface area (TPSA) is 85.1 Å². The fourth-order valence-corrected chi connectivity index (χ4v) is 2.64. The average molecular weight is 319 g/mol. The van der Waals surface area contributed by atoms with Crippen molar-refractivity contribution in [1.29, 1.82) is 0 Å². The molecular weight excluding hydrogens is 302 g/mol. The van der Waals surface area contributed by atoms with Crippen LogP contribution >= 0.6 is 0 Å². The number of nitrogens with one attached hydrogen (secondary N) is 1. The van der Waals surface area contributed by atoms with Crippen molar-refractivity contribution in [3.63, 3.8) is 0 Å². The van der Waals surface area contributed by atoms with Gasteiger partial charge in [0, 0.05) is 12.6 Å². The fourth-order valence-electron chi connectivity index (χ4n) is 2.64. The number of hydrogen-bond acceptors (Lipinski definition) is 3. The Morgan fingerprint density at radius 1 is 1.00 bits per heavy atom. The van der Waals surface area contributed by atoms with Gasteiger partial charge in [0.15, 0.2) is 0 Å². The number of nitrogens with two attached hydrogens (primary N) is 1. The summed E-state index contributed by atoms with van der Waals surface area (Å²) in [4.78, 5) is 28.0. The largest absolute Gasteiger partial charge is 0.368 e. The predicted octanol–water partition coefficient (Wildman–Crippen LogP) is 2.06. The average Bonchev–Trinajstić information content (AvgIpc) is 2.62. The van der Waals surface area contributed by atoms with Gasteiger partial charge in [0.05, 0.1) is 0 Å². The highest BCUT2D eigenvalue weighted by Crippen LogP contribution is 2.19. The van der Waals surface area contributed by atoms with Gasteiger partial charge in [0.2, 0.25) is 5.91 Å². The minimum absolute atomic E-state index is 0.252. The van der Waals surface area contributed by atoms with Crippen LogP contribution in [0.2, 0.25) is 0 Å². The van der Waals surface area contributed by atoms with Crippen LogP contribution in [0, 0.1) is 0 Å². The molecule has 3 N–H and O–H groups in total. The maximum absolute atomic E-state index is 12.2. The van der Waals surface area contributed by atoms with Gasteiger partial charge in [-0.1, -0.05) is 48.5 Å². The molecule has 0 aliphatic carbocycles. The number of hydrogen-bond donors (Lipinski definition) is 2. The molecule has 0 spiro atoms. The van der Waals surface area contributed by atoms with E-state index in [9.17, 15) is 9.59 Å². The second-order valence-electron chi connectivity index (χ2n) is 5.49.